The largest absolute Gasteiger partial charge is 0.374 e. The smallest absolute Gasteiger partial charge is 0.165 e. The molecule has 4 nitrogen and oxygen atoms in total. The lowest BCUT2D eigenvalue weighted by Gasteiger charge is -2.01. The van der Waals surface area contributed by atoms with Gasteiger partial charge in [0.25, 0.3) is 0 Å². The van der Waals surface area contributed by atoms with Crippen LogP contribution in [0.1, 0.15) is 12.7 Å². The number of aryl methyl sites for hydroxylation is 1. The van der Waals surface area contributed by atoms with Gasteiger partial charge in [-0.15, -0.1) is 0 Å². The van der Waals surface area contributed by atoms with Crippen molar-refractivity contribution in [1.82, 2.24) is 9.55 Å². The second-order valence-corrected chi connectivity index (χ2v) is 2.81. The van der Waals surface area contributed by atoms with E-state index in [9.17, 15) is 4.79 Å². The molecule has 72 valence electrons. The SMILES string of the molecule is CCOCC(=O)Cc1nccn1C. The Hall–Kier alpha value is -1.16. The normalized spacial score (nSPS) is 10.3. The molecule has 0 radical (unpaired) electrons. The molecule has 0 aliphatic rings. The van der Waals surface area contributed by atoms with E-state index in [4.69, 9.17) is 4.74 Å². The van der Waals surface area contributed by atoms with Crippen LogP contribution in [-0.4, -0.2) is 28.5 Å². The van der Waals surface area contributed by atoms with Crippen molar-refractivity contribution in [3.63, 3.8) is 0 Å². The molecule has 0 unspecified atom stereocenters. The third kappa shape index (κ3) is 2.99. The highest BCUT2D eigenvalue weighted by molar-refractivity contribution is 5.81. The standard InChI is InChI=1S/C9H14N2O2/c1-3-13-7-8(12)6-9-10-4-5-11(9)2/h4-5H,3,6-7H2,1-2H3. The van der Waals surface area contributed by atoms with Crippen molar-refractivity contribution in [2.45, 2.75) is 13.3 Å². The van der Waals surface area contributed by atoms with E-state index in [1.165, 1.54) is 0 Å². The van der Waals surface area contributed by atoms with E-state index in [1.54, 1.807) is 6.20 Å². The van der Waals surface area contributed by atoms with Gasteiger partial charge >= 0.3 is 0 Å². The fourth-order valence-corrected chi connectivity index (χ4v) is 1.01. The van der Waals surface area contributed by atoms with Gasteiger partial charge in [0.15, 0.2) is 5.78 Å². The van der Waals surface area contributed by atoms with Crippen LogP contribution in [0.3, 0.4) is 0 Å². The fourth-order valence-electron chi connectivity index (χ4n) is 1.01. The summed E-state index contributed by atoms with van der Waals surface area (Å²) < 4.78 is 6.83. The van der Waals surface area contributed by atoms with E-state index in [1.807, 2.05) is 24.7 Å². The first-order valence-corrected chi connectivity index (χ1v) is 4.29. The van der Waals surface area contributed by atoms with E-state index < -0.39 is 0 Å². The molecule has 0 saturated heterocycles. The minimum atomic E-state index is 0.0659. The molecule has 0 spiro atoms. The van der Waals surface area contributed by atoms with Crippen molar-refractivity contribution < 1.29 is 9.53 Å². The maximum atomic E-state index is 11.2. The highest BCUT2D eigenvalue weighted by atomic mass is 16.5. The fraction of sp³-hybridized carbons (Fsp3) is 0.556. The number of imidazole rings is 1. The zero-order valence-corrected chi connectivity index (χ0v) is 7.99. The molecule has 13 heavy (non-hydrogen) atoms. The molecule has 0 aliphatic heterocycles. The molecule has 0 N–H and O–H groups in total. The van der Waals surface area contributed by atoms with Crippen molar-refractivity contribution in [2.24, 2.45) is 7.05 Å². The van der Waals surface area contributed by atoms with Crippen molar-refractivity contribution in [1.29, 1.82) is 0 Å². The number of Topliss-reactive ketones (excluding diaryl/α,β-unsaturated/α-hetero) is 1. The van der Waals surface area contributed by atoms with Gasteiger partial charge in [0, 0.05) is 26.0 Å². The Morgan fingerprint density at radius 1 is 1.69 bits per heavy atom. The van der Waals surface area contributed by atoms with Gasteiger partial charge in [0.05, 0.1) is 6.42 Å². The number of hydrogen-bond acceptors (Lipinski definition) is 3. The van der Waals surface area contributed by atoms with Crippen molar-refractivity contribution >= 4 is 5.78 Å². The van der Waals surface area contributed by atoms with E-state index >= 15 is 0 Å². The number of hydrogen-bond donors (Lipinski definition) is 0. The average Bonchev–Trinajstić information content (AvgIpc) is 2.48. The van der Waals surface area contributed by atoms with Crippen LogP contribution in [0.25, 0.3) is 0 Å². The molecule has 1 rings (SSSR count). The third-order valence-corrected chi connectivity index (χ3v) is 1.74. The van der Waals surface area contributed by atoms with Crippen LogP contribution in [0.15, 0.2) is 12.4 Å². The zero-order chi connectivity index (χ0) is 9.68. The Labute approximate surface area is 77.5 Å². The molecule has 0 bridgehead atoms. The van der Waals surface area contributed by atoms with Crippen LogP contribution in [0, 0.1) is 0 Å². The van der Waals surface area contributed by atoms with Crippen LogP contribution in [0.2, 0.25) is 0 Å². The molecule has 0 aromatic carbocycles. The van der Waals surface area contributed by atoms with Crippen LogP contribution >= 0.6 is 0 Å². The summed E-state index contributed by atoms with van der Waals surface area (Å²) >= 11 is 0. The molecule has 0 atom stereocenters. The summed E-state index contributed by atoms with van der Waals surface area (Å²) in [7, 11) is 1.87. The van der Waals surface area contributed by atoms with Crippen molar-refractivity contribution in [3.8, 4) is 0 Å². The molecule has 1 heterocycles. The number of ketones is 1. The maximum Gasteiger partial charge on any atom is 0.165 e. The molecule has 0 aliphatic carbocycles. The summed E-state index contributed by atoms with van der Waals surface area (Å²) in [5, 5.41) is 0. The third-order valence-electron chi connectivity index (χ3n) is 1.74. The molecule has 1 aromatic rings. The Balaban J connectivity index is 2.41. The Morgan fingerprint density at radius 2 is 2.46 bits per heavy atom. The van der Waals surface area contributed by atoms with E-state index in [-0.39, 0.29) is 12.4 Å². The molecular formula is C9H14N2O2. The lowest BCUT2D eigenvalue weighted by molar-refractivity contribution is -0.122. The van der Waals surface area contributed by atoms with Gasteiger partial charge in [-0.2, -0.15) is 0 Å². The van der Waals surface area contributed by atoms with Gasteiger partial charge < -0.3 is 9.30 Å². The highest BCUT2D eigenvalue weighted by Crippen LogP contribution is 1.96. The van der Waals surface area contributed by atoms with Gasteiger partial charge in [0.1, 0.15) is 12.4 Å². The van der Waals surface area contributed by atoms with Crippen LogP contribution in [-0.2, 0) is 23.0 Å². The number of carbonyl (C=O) groups is 1. The first kappa shape index (κ1) is 9.92. The van der Waals surface area contributed by atoms with Crippen molar-refractivity contribution in [3.05, 3.63) is 18.2 Å². The average molecular weight is 182 g/mol. The quantitative estimate of drug-likeness (QED) is 0.668. The Morgan fingerprint density at radius 3 is 3.00 bits per heavy atom. The minimum absolute atomic E-state index is 0.0659. The number of rotatable bonds is 5. The van der Waals surface area contributed by atoms with Gasteiger partial charge in [-0.3, -0.25) is 4.79 Å². The summed E-state index contributed by atoms with van der Waals surface area (Å²) in [6.07, 6.45) is 3.86. The molecule has 0 amide bonds. The van der Waals surface area contributed by atoms with Crippen molar-refractivity contribution in [2.75, 3.05) is 13.2 Å². The molecule has 0 saturated carbocycles. The minimum Gasteiger partial charge on any atom is -0.374 e. The molecule has 1 aromatic heterocycles. The van der Waals surface area contributed by atoms with Gasteiger partial charge in [-0.25, -0.2) is 4.98 Å². The van der Waals surface area contributed by atoms with Crippen LogP contribution < -0.4 is 0 Å². The predicted octanol–water partition coefficient (Wildman–Crippen LogP) is 0.568. The summed E-state index contributed by atoms with van der Waals surface area (Å²) in [6.45, 7) is 2.63. The van der Waals surface area contributed by atoms with E-state index in [2.05, 4.69) is 4.98 Å². The summed E-state index contributed by atoms with van der Waals surface area (Å²) in [5.41, 5.74) is 0. The van der Waals surface area contributed by atoms with E-state index in [0.29, 0.717) is 13.0 Å². The number of nitrogens with zero attached hydrogens (tertiary/aromatic N) is 2. The Kier molecular flexibility index (Phi) is 3.64. The van der Waals surface area contributed by atoms with E-state index in [0.717, 1.165) is 5.82 Å². The second-order valence-electron chi connectivity index (χ2n) is 2.81. The first-order chi connectivity index (χ1) is 6.24. The molecule has 4 heteroatoms. The second kappa shape index (κ2) is 4.77. The van der Waals surface area contributed by atoms with Gasteiger partial charge in [-0.1, -0.05) is 0 Å². The first-order valence-electron chi connectivity index (χ1n) is 4.29. The molecular weight excluding hydrogens is 168 g/mol. The molecule has 0 fully saturated rings. The summed E-state index contributed by atoms with van der Waals surface area (Å²) in [4.78, 5) is 15.3. The number of carbonyl (C=O) groups excluding carboxylic acids is 1. The highest BCUT2D eigenvalue weighted by Gasteiger charge is 2.06. The monoisotopic (exact) mass is 182 g/mol. The predicted molar refractivity (Wildman–Crippen MR) is 48.4 cm³/mol. The maximum absolute atomic E-state index is 11.2. The zero-order valence-electron chi connectivity index (χ0n) is 7.99. The summed E-state index contributed by atoms with van der Waals surface area (Å²) in [5.74, 6) is 0.848. The van der Waals surface area contributed by atoms with Gasteiger partial charge in [-0.05, 0) is 6.92 Å². The summed E-state index contributed by atoms with van der Waals surface area (Å²) in [6, 6.07) is 0. The van der Waals surface area contributed by atoms with Crippen LogP contribution in [0.5, 0.6) is 0 Å². The number of aromatic nitrogens is 2. The topological polar surface area (TPSA) is 44.1 Å². The van der Waals surface area contributed by atoms with Crippen LogP contribution in [0.4, 0.5) is 0 Å². The lowest BCUT2D eigenvalue weighted by atomic mass is 10.3. The van der Waals surface area contributed by atoms with Gasteiger partial charge in [0.2, 0.25) is 0 Å². The Bertz CT molecular complexity index is 281. The number of ether oxygens (including phenoxy) is 1. The lowest BCUT2D eigenvalue weighted by Crippen LogP contribution is -2.13.